The highest BCUT2D eigenvalue weighted by Crippen LogP contribution is 2.13. The van der Waals surface area contributed by atoms with Crippen molar-refractivity contribution >= 4 is 35.6 Å². The molecule has 1 saturated heterocycles. The number of non-ortho nitro benzene ring substituents is 1. The largest absolute Gasteiger partial charge is 0.382 e. The molecule has 0 bridgehead atoms. The summed E-state index contributed by atoms with van der Waals surface area (Å²) < 4.78 is 5.35. The lowest BCUT2D eigenvalue weighted by atomic mass is 10.2. The average molecular weight is 462 g/mol. The molecule has 0 amide bonds. The van der Waals surface area contributed by atoms with E-state index in [1.54, 1.807) is 12.1 Å². The molecule has 0 radical (unpaired) electrons. The molecule has 1 fully saturated rings. The highest BCUT2D eigenvalue weighted by Gasteiger charge is 2.15. The number of ether oxygens (including phenoxy) is 1. The minimum absolute atomic E-state index is 0. The summed E-state index contributed by atoms with van der Waals surface area (Å²) in [7, 11) is 0. The fourth-order valence-electron chi connectivity index (χ4n) is 2.60. The first kappa shape index (κ1) is 21.6. The molecule has 1 heterocycles. The van der Waals surface area contributed by atoms with E-state index in [0.717, 1.165) is 50.8 Å². The van der Waals surface area contributed by atoms with Crippen LogP contribution in [0.1, 0.15) is 31.7 Å². The molecule has 140 valence electrons. The van der Waals surface area contributed by atoms with Crippen molar-refractivity contribution in [3.63, 3.8) is 0 Å². The Hall–Kier alpha value is -1.42. The zero-order valence-corrected chi connectivity index (χ0v) is 17.0. The normalized spacial score (nSPS) is 14.3. The molecule has 0 spiro atoms. The molecule has 0 atom stereocenters. The lowest BCUT2D eigenvalue weighted by Gasteiger charge is -2.21. The van der Waals surface area contributed by atoms with Crippen LogP contribution in [0.5, 0.6) is 0 Å². The number of hydrogen-bond acceptors (Lipinski definition) is 4. The van der Waals surface area contributed by atoms with Crippen LogP contribution in [0.4, 0.5) is 5.69 Å². The van der Waals surface area contributed by atoms with E-state index in [0.29, 0.717) is 6.54 Å². The van der Waals surface area contributed by atoms with Gasteiger partial charge < -0.3 is 15.0 Å². The number of nitro groups is 1. The lowest BCUT2D eigenvalue weighted by molar-refractivity contribution is -0.384. The molecule has 25 heavy (non-hydrogen) atoms. The van der Waals surface area contributed by atoms with Gasteiger partial charge in [0.2, 0.25) is 0 Å². The molecule has 0 aliphatic carbocycles. The number of halogens is 1. The van der Waals surface area contributed by atoms with Crippen LogP contribution in [0, 0.1) is 10.1 Å². The fourth-order valence-corrected chi connectivity index (χ4v) is 2.60. The number of likely N-dealkylation sites (tertiary alicyclic amines) is 1. The zero-order chi connectivity index (χ0) is 17.2. The molecule has 1 aromatic carbocycles. The van der Waals surface area contributed by atoms with Gasteiger partial charge in [0.25, 0.3) is 5.69 Å². The van der Waals surface area contributed by atoms with E-state index < -0.39 is 0 Å². The van der Waals surface area contributed by atoms with E-state index in [-0.39, 0.29) is 34.6 Å². The molecule has 0 unspecified atom stereocenters. The molecule has 8 heteroatoms. The monoisotopic (exact) mass is 462 g/mol. The molecular formula is C17H27IN4O3. The predicted molar refractivity (Wildman–Crippen MR) is 110 cm³/mol. The smallest absolute Gasteiger partial charge is 0.269 e. The first-order valence-electron chi connectivity index (χ1n) is 8.55. The Labute approximate surface area is 166 Å². The Balaban J connectivity index is 0.00000312. The lowest BCUT2D eigenvalue weighted by Crippen LogP contribution is -2.40. The maximum atomic E-state index is 10.7. The molecule has 1 aromatic rings. The van der Waals surface area contributed by atoms with Crippen LogP contribution >= 0.6 is 24.0 Å². The molecule has 1 N–H and O–H groups in total. The quantitative estimate of drug-likeness (QED) is 0.160. The predicted octanol–water partition coefficient (Wildman–Crippen LogP) is 3.18. The van der Waals surface area contributed by atoms with Crippen molar-refractivity contribution in [1.82, 2.24) is 10.2 Å². The van der Waals surface area contributed by atoms with Crippen LogP contribution in [0.2, 0.25) is 0 Å². The van der Waals surface area contributed by atoms with Gasteiger partial charge in [-0.05, 0) is 31.7 Å². The Morgan fingerprint density at radius 1 is 1.32 bits per heavy atom. The van der Waals surface area contributed by atoms with E-state index in [2.05, 4.69) is 15.2 Å². The highest BCUT2D eigenvalue weighted by molar-refractivity contribution is 14.0. The third-order valence-corrected chi connectivity index (χ3v) is 3.92. The van der Waals surface area contributed by atoms with Gasteiger partial charge in [0.1, 0.15) is 0 Å². The summed E-state index contributed by atoms with van der Waals surface area (Å²) >= 11 is 0. The zero-order valence-electron chi connectivity index (χ0n) is 14.6. The van der Waals surface area contributed by atoms with Crippen LogP contribution < -0.4 is 5.32 Å². The number of nitro benzene ring substituents is 1. The van der Waals surface area contributed by atoms with Crippen LogP contribution in [0.25, 0.3) is 0 Å². The van der Waals surface area contributed by atoms with Gasteiger partial charge in [-0.25, -0.2) is 4.99 Å². The number of hydrogen-bond donors (Lipinski definition) is 1. The number of nitrogens with one attached hydrogen (secondary N) is 1. The van der Waals surface area contributed by atoms with Gasteiger partial charge in [-0.1, -0.05) is 12.1 Å². The van der Waals surface area contributed by atoms with Crippen molar-refractivity contribution in [1.29, 1.82) is 0 Å². The van der Waals surface area contributed by atoms with Crippen molar-refractivity contribution < 1.29 is 9.66 Å². The van der Waals surface area contributed by atoms with Crippen molar-refractivity contribution in [3.8, 4) is 0 Å². The summed E-state index contributed by atoms with van der Waals surface area (Å²) in [6.07, 6.45) is 3.33. The van der Waals surface area contributed by atoms with E-state index >= 15 is 0 Å². The van der Waals surface area contributed by atoms with Gasteiger partial charge in [0, 0.05) is 45.0 Å². The molecular weight excluding hydrogens is 435 g/mol. The summed E-state index contributed by atoms with van der Waals surface area (Å²) in [5.74, 6) is 0.919. The number of rotatable bonds is 8. The summed E-state index contributed by atoms with van der Waals surface area (Å²) in [6, 6.07) is 6.57. The fraction of sp³-hybridized carbons (Fsp3) is 0.588. The molecule has 1 aliphatic heterocycles. The molecule has 0 saturated carbocycles. The van der Waals surface area contributed by atoms with Crippen LogP contribution in [0.3, 0.4) is 0 Å². The standard InChI is InChI=1S/C17H26N4O3.HI/c1-2-24-13-5-10-18-17(20-11-3-4-12-20)19-14-15-6-8-16(9-7-15)21(22)23;/h6-9H,2-5,10-14H2,1H3,(H,18,19);1H. The summed E-state index contributed by atoms with van der Waals surface area (Å²) in [5, 5.41) is 14.1. The first-order valence-corrected chi connectivity index (χ1v) is 8.55. The Kier molecular flexibility index (Phi) is 10.4. The van der Waals surface area contributed by atoms with Gasteiger partial charge in [0.05, 0.1) is 11.5 Å². The second kappa shape index (κ2) is 12.0. The topological polar surface area (TPSA) is 80.0 Å². The van der Waals surface area contributed by atoms with E-state index in [1.807, 2.05) is 6.92 Å². The van der Waals surface area contributed by atoms with Crippen molar-refractivity contribution in [2.45, 2.75) is 32.7 Å². The number of benzene rings is 1. The second-order valence-corrected chi connectivity index (χ2v) is 5.73. The van der Waals surface area contributed by atoms with E-state index in [4.69, 9.17) is 4.74 Å². The SMILES string of the molecule is CCOCCCNC(=NCc1ccc([N+](=O)[O-])cc1)N1CCCC1.I. The second-order valence-electron chi connectivity index (χ2n) is 5.73. The van der Waals surface area contributed by atoms with Gasteiger partial charge in [-0.3, -0.25) is 10.1 Å². The van der Waals surface area contributed by atoms with Gasteiger partial charge in [0.15, 0.2) is 5.96 Å². The van der Waals surface area contributed by atoms with Gasteiger partial charge in [-0.15, -0.1) is 24.0 Å². The molecule has 0 aromatic heterocycles. The van der Waals surface area contributed by atoms with E-state index in [1.165, 1.54) is 25.0 Å². The molecule has 1 aliphatic rings. The maximum absolute atomic E-state index is 10.7. The summed E-state index contributed by atoms with van der Waals surface area (Å²) in [5.41, 5.74) is 1.07. The number of nitrogens with zero attached hydrogens (tertiary/aromatic N) is 3. The number of guanidine groups is 1. The molecule has 2 rings (SSSR count). The van der Waals surface area contributed by atoms with Crippen molar-refractivity contribution in [2.75, 3.05) is 32.8 Å². The third-order valence-electron chi connectivity index (χ3n) is 3.92. The minimum atomic E-state index is -0.386. The minimum Gasteiger partial charge on any atom is -0.382 e. The van der Waals surface area contributed by atoms with E-state index in [9.17, 15) is 10.1 Å². The van der Waals surface area contributed by atoms with Crippen LogP contribution in [-0.4, -0.2) is 48.6 Å². The van der Waals surface area contributed by atoms with Gasteiger partial charge >= 0.3 is 0 Å². The van der Waals surface area contributed by atoms with Crippen molar-refractivity contribution in [3.05, 3.63) is 39.9 Å². The Morgan fingerprint density at radius 3 is 2.60 bits per heavy atom. The van der Waals surface area contributed by atoms with Crippen LogP contribution in [0.15, 0.2) is 29.3 Å². The number of aliphatic imine (C=N–C) groups is 1. The first-order chi connectivity index (χ1) is 11.7. The maximum Gasteiger partial charge on any atom is 0.269 e. The third kappa shape index (κ3) is 7.55. The highest BCUT2D eigenvalue weighted by atomic mass is 127. The van der Waals surface area contributed by atoms with Crippen molar-refractivity contribution in [2.24, 2.45) is 4.99 Å². The van der Waals surface area contributed by atoms with Gasteiger partial charge in [-0.2, -0.15) is 0 Å². The Morgan fingerprint density at radius 2 is 2.00 bits per heavy atom. The summed E-state index contributed by atoms with van der Waals surface area (Å²) in [4.78, 5) is 17.3. The average Bonchev–Trinajstić information content (AvgIpc) is 3.12. The molecule has 7 nitrogen and oxygen atoms in total. The Bertz CT molecular complexity index is 545. The summed E-state index contributed by atoms with van der Waals surface area (Å²) in [6.45, 7) is 6.88. The van der Waals surface area contributed by atoms with Crippen LogP contribution in [-0.2, 0) is 11.3 Å².